The minimum Gasteiger partial charge on any atom is -0.327 e. The molecule has 0 unspecified atom stereocenters. The predicted molar refractivity (Wildman–Crippen MR) is 45.8 cm³/mol. The lowest BCUT2D eigenvalue weighted by Crippen LogP contribution is -2.03. The first-order chi connectivity index (χ1) is 4.31. The molecule has 0 amide bonds. The molecular formula is C7H15NS. The second-order valence-corrected chi connectivity index (χ2v) is 3.11. The summed E-state index contributed by atoms with van der Waals surface area (Å²) in [6.45, 7) is 6.61. The molecule has 0 aromatic carbocycles. The van der Waals surface area contributed by atoms with E-state index in [1.165, 1.54) is 12.2 Å². The van der Waals surface area contributed by atoms with Crippen LogP contribution >= 0.6 is 11.8 Å². The van der Waals surface area contributed by atoms with Gasteiger partial charge in [-0.1, -0.05) is 19.1 Å². The van der Waals surface area contributed by atoms with Gasteiger partial charge in [-0.05, 0) is 12.2 Å². The van der Waals surface area contributed by atoms with Gasteiger partial charge >= 0.3 is 0 Å². The summed E-state index contributed by atoms with van der Waals surface area (Å²) in [6.07, 6.45) is 1.24. The first-order valence-corrected chi connectivity index (χ1v) is 4.41. The smallest absolute Gasteiger partial charge is 0.0153 e. The Morgan fingerprint density at radius 3 is 2.78 bits per heavy atom. The fourth-order valence-corrected chi connectivity index (χ4v) is 1.26. The molecule has 2 heteroatoms. The van der Waals surface area contributed by atoms with Crippen LogP contribution in [0, 0.1) is 0 Å². The maximum absolute atomic E-state index is 5.34. The van der Waals surface area contributed by atoms with Gasteiger partial charge in [-0.25, -0.2) is 0 Å². The van der Waals surface area contributed by atoms with Crippen LogP contribution < -0.4 is 5.73 Å². The molecule has 0 rings (SSSR count). The molecule has 0 saturated heterocycles. The van der Waals surface area contributed by atoms with E-state index in [0.717, 1.165) is 11.3 Å². The molecular weight excluding hydrogens is 130 g/mol. The summed E-state index contributed by atoms with van der Waals surface area (Å²) in [5.74, 6) is 2.25. The second-order valence-electron chi connectivity index (χ2n) is 2.01. The quantitative estimate of drug-likeness (QED) is 0.470. The van der Waals surface area contributed by atoms with Gasteiger partial charge in [-0.3, -0.25) is 0 Å². The Hall–Kier alpha value is 0.0500. The fourth-order valence-electron chi connectivity index (χ4n) is 0.420. The van der Waals surface area contributed by atoms with Crippen LogP contribution in [0.4, 0.5) is 0 Å². The van der Waals surface area contributed by atoms with Crippen LogP contribution in [-0.4, -0.2) is 18.1 Å². The molecule has 0 aliphatic carbocycles. The van der Waals surface area contributed by atoms with Crippen LogP contribution in [0.2, 0.25) is 0 Å². The number of thioether (sulfide) groups is 1. The van der Waals surface area contributed by atoms with Crippen molar-refractivity contribution < 1.29 is 0 Å². The van der Waals surface area contributed by atoms with E-state index in [0.29, 0.717) is 6.54 Å². The number of nitrogens with two attached hydrogens (primary N) is 1. The molecule has 2 N–H and O–H groups in total. The summed E-state index contributed by atoms with van der Waals surface area (Å²) in [7, 11) is 0. The Balaban J connectivity index is 2.97. The van der Waals surface area contributed by atoms with Crippen molar-refractivity contribution >= 4 is 11.8 Å². The van der Waals surface area contributed by atoms with Gasteiger partial charge in [0.1, 0.15) is 0 Å². The Bertz CT molecular complexity index is 81.0. The van der Waals surface area contributed by atoms with Gasteiger partial charge in [0.05, 0.1) is 0 Å². The van der Waals surface area contributed by atoms with Crippen LogP contribution in [-0.2, 0) is 0 Å². The molecule has 0 radical (unpaired) electrons. The average Bonchev–Trinajstić information content (AvgIpc) is 1.89. The zero-order valence-corrected chi connectivity index (χ0v) is 6.84. The van der Waals surface area contributed by atoms with Crippen molar-refractivity contribution in [2.75, 3.05) is 18.1 Å². The van der Waals surface area contributed by atoms with Gasteiger partial charge in [-0.2, -0.15) is 11.8 Å². The lowest BCUT2D eigenvalue weighted by Gasteiger charge is -1.99. The van der Waals surface area contributed by atoms with Crippen molar-refractivity contribution in [2.45, 2.75) is 13.3 Å². The molecule has 54 valence electrons. The van der Waals surface area contributed by atoms with Crippen LogP contribution in [0.3, 0.4) is 0 Å². The van der Waals surface area contributed by atoms with Crippen LogP contribution in [0.15, 0.2) is 12.2 Å². The van der Waals surface area contributed by atoms with E-state index in [-0.39, 0.29) is 0 Å². The molecule has 0 fully saturated rings. The summed E-state index contributed by atoms with van der Waals surface area (Å²) in [5, 5.41) is 0. The monoisotopic (exact) mass is 145 g/mol. The first-order valence-electron chi connectivity index (χ1n) is 3.25. The van der Waals surface area contributed by atoms with Crippen molar-refractivity contribution in [1.82, 2.24) is 0 Å². The van der Waals surface area contributed by atoms with E-state index < -0.39 is 0 Å². The standard InChI is InChI=1S/C7H15NS/c1-3-4-9-6-7(2)5-8/h2-6,8H2,1H3. The molecule has 0 atom stereocenters. The van der Waals surface area contributed by atoms with Gasteiger partial charge in [0.2, 0.25) is 0 Å². The third-order valence-electron chi connectivity index (χ3n) is 0.943. The summed E-state index contributed by atoms with van der Waals surface area (Å²) in [6, 6.07) is 0. The lowest BCUT2D eigenvalue weighted by atomic mass is 10.4. The van der Waals surface area contributed by atoms with Gasteiger partial charge in [0.15, 0.2) is 0 Å². The number of hydrogen-bond acceptors (Lipinski definition) is 2. The molecule has 1 nitrogen and oxygen atoms in total. The predicted octanol–water partition coefficient (Wildman–Crippen LogP) is 1.64. The van der Waals surface area contributed by atoms with Gasteiger partial charge in [0.25, 0.3) is 0 Å². The summed E-state index contributed by atoms with van der Waals surface area (Å²) in [5.41, 5.74) is 6.49. The highest BCUT2D eigenvalue weighted by molar-refractivity contribution is 7.99. The average molecular weight is 145 g/mol. The molecule has 0 spiro atoms. The summed E-state index contributed by atoms with van der Waals surface area (Å²) in [4.78, 5) is 0. The van der Waals surface area contributed by atoms with Crippen molar-refractivity contribution in [2.24, 2.45) is 5.73 Å². The summed E-state index contributed by atoms with van der Waals surface area (Å²) < 4.78 is 0. The zero-order chi connectivity index (χ0) is 7.11. The van der Waals surface area contributed by atoms with E-state index >= 15 is 0 Å². The minimum atomic E-state index is 0.636. The molecule has 0 aromatic heterocycles. The molecule has 0 heterocycles. The third-order valence-corrected chi connectivity index (χ3v) is 2.25. The Labute approximate surface area is 61.7 Å². The van der Waals surface area contributed by atoms with E-state index in [1.54, 1.807) is 0 Å². The maximum atomic E-state index is 5.34. The number of rotatable bonds is 5. The van der Waals surface area contributed by atoms with Crippen LogP contribution in [0.25, 0.3) is 0 Å². The van der Waals surface area contributed by atoms with Crippen molar-refractivity contribution in [3.8, 4) is 0 Å². The molecule has 0 saturated carbocycles. The van der Waals surface area contributed by atoms with Gasteiger partial charge in [0, 0.05) is 12.3 Å². The molecule has 9 heavy (non-hydrogen) atoms. The van der Waals surface area contributed by atoms with E-state index in [4.69, 9.17) is 5.73 Å². The van der Waals surface area contributed by atoms with E-state index in [2.05, 4.69) is 13.5 Å². The van der Waals surface area contributed by atoms with E-state index in [9.17, 15) is 0 Å². The second kappa shape index (κ2) is 6.17. The lowest BCUT2D eigenvalue weighted by molar-refractivity contribution is 1.10. The first kappa shape index (κ1) is 9.05. The van der Waals surface area contributed by atoms with Crippen LogP contribution in [0.5, 0.6) is 0 Å². The van der Waals surface area contributed by atoms with Gasteiger partial charge < -0.3 is 5.73 Å². The fraction of sp³-hybridized carbons (Fsp3) is 0.714. The molecule has 0 bridgehead atoms. The largest absolute Gasteiger partial charge is 0.327 e. The zero-order valence-electron chi connectivity index (χ0n) is 6.02. The highest BCUT2D eigenvalue weighted by Gasteiger charge is 1.89. The van der Waals surface area contributed by atoms with Crippen molar-refractivity contribution in [3.63, 3.8) is 0 Å². The third kappa shape index (κ3) is 5.93. The molecule has 0 aromatic rings. The molecule has 0 aliphatic rings. The van der Waals surface area contributed by atoms with Gasteiger partial charge in [-0.15, -0.1) is 0 Å². The summed E-state index contributed by atoms with van der Waals surface area (Å²) >= 11 is 1.91. The topological polar surface area (TPSA) is 26.0 Å². The Morgan fingerprint density at radius 1 is 1.67 bits per heavy atom. The minimum absolute atomic E-state index is 0.636. The SMILES string of the molecule is C=C(CN)CSCCC. The van der Waals surface area contributed by atoms with Crippen molar-refractivity contribution in [1.29, 1.82) is 0 Å². The van der Waals surface area contributed by atoms with Crippen LogP contribution in [0.1, 0.15) is 13.3 Å². The van der Waals surface area contributed by atoms with Crippen molar-refractivity contribution in [3.05, 3.63) is 12.2 Å². The highest BCUT2D eigenvalue weighted by atomic mass is 32.2. The maximum Gasteiger partial charge on any atom is 0.0153 e. The Morgan fingerprint density at radius 2 is 2.33 bits per heavy atom. The highest BCUT2D eigenvalue weighted by Crippen LogP contribution is 2.05. The Kier molecular flexibility index (Phi) is 6.21. The number of hydrogen-bond donors (Lipinski definition) is 1. The van der Waals surface area contributed by atoms with E-state index in [1.807, 2.05) is 11.8 Å². The molecule has 0 aliphatic heterocycles. The normalized spacial score (nSPS) is 9.56.